The molecule has 1 fully saturated rings. The van der Waals surface area contributed by atoms with Crippen LogP contribution < -0.4 is 14.5 Å². The Hall–Kier alpha value is -3.87. The monoisotopic (exact) mass is 454 g/mol. The van der Waals surface area contributed by atoms with Gasteiger partial charge in [-0.15, -0.1) is 0 Å². The van der Waals surface area contributed by atoms with E-state index in [1.165, 1.54) is 24.5 Å². The number of hydrogen-bond donors (Lipinski definition) is 0. The molecule has 7 nitrogen and oxygen atoms in total. The van der Waals surface area contributed by atoms with Gasteiger partial charge in [0.2, 0.25) is 5.95 Å². The lowest BCUT2D eigenvalue weighted by Gasteiger charge is -2.40. The molecule has 0 unspecified atom stereocenters. The average molecular weight is 454 g/mol. The molecule has 1 aliphatic heterocycles. The Morgan fingerprint density at radius 3 is 2.30 bits per heavy atom. The molecule has 0 amide bonds. The van der Waals surface area contributed by atoms with Crippen LogP contribution in [0.15, 0.2) is 55.1 Å². The highest BCUT2D eigenvalue weighted by Gasteiger charge is 2.32. The summed E-state index contributed by atoms with van der Waals surface area (Å²) >= 11 is 0. The first-order chi connectivity index (χ1) is 15.9. The molecule has 0 N–H and O–H groups in total. The van der Waals surface area contributed by atoms with E-state index < -0.39 is 11.7 Å². The van der Waals surface area contributed by atoms with Gasteiger partial charge in [-0.3, -0.25) is 4.98 Å². The maximum atomic E-state index is 13.1. The van der Waals surface area contributed by atoms with Crippen molar-refractivity contribution in [2.45, 2.75) is 25.1 Å². The smallest absolute Gasteiger partial charge is 0.416 e. The van der Waals surface area contributed by atoms with Gasteiger partial charge in [0.25, 0.3) is 0 Å². The predicted octanol–water partition coefficient (Wildman–Crippen LogP) is 4.58. The Morgan fingerprint density at radius 1 is 1.06 bits per heavy atom. The molecule has 0 bridgehead atoms. The number of methoxy groups -OCH3 is 1. The van der Waals surface area contributed by atoms with Gasteiger partial charge in [-0.05, 0) is 37.1 Å². The van der Waals surface area contributed by atoms with Crippen LogP contribution in [0.5, 0.6) is 5.75 Å². The number of hydrogen-bond acceptors (Lipinski definition) is 7. The van der Waals surface area contributed by atoms with E-state index in [9.17, 15) is 13.2 Å². The highest BCUT2D eigenvalue weighted by atomic mass is 19.4. The second-order valence-electron chi connectivity index (χ2n) is 7.56. The SMILES string of the molecule is COc1ccncc1N(c1ccc(C(F)(F)F)cc1)C1CCN(c2ncc(C#N)cn2)CC1. The summed E-state index contributed by atoms with van der Waals surface area (Å²) < 4.78 is 44.8. The fourth-order valence-electron chi connectivity index (χ4n) is 3.95. The number of pyridine rings is 1. The minimum absolute atomic E-state index is 0.00512. The van der Waals surface area contributed by atoms with Gasteiger partial charge in [0.15, 0.2) is 0 Å². The summed E-state index contributed by atoms with van der Waals surface area (Å²) in [7, 11) is 1.55. The molecule has 4 rings (SSSR count). The highest BCUT2D eigenvalue weighted by molar-refractivity contribution is 5.69. The minimum atomic E-state index is -4.40. The number of halogens is 3. The first kappa shape index (κ1) is 22.3. The Bertz CT molecular complexity index is 1120. The van der Waals surface area contributed by atoms with Gasteiger partial charge in [0.05, 0.1) is 36.8 Å². The fraction of sp³-hybridized carbons (Fsp3) is 0.304. The topological polar surface area (TPSA) is 78.2 Å². The molecule has 33 heavy (non-hydrogen) atoms. The fourth-order valence-corrected chi connectivity index (χ4v) is 3.95. The number of rotatable bonds is 5. The zero-order valence-electron chi connectivity index (χ0n) is 17.8. The van der Waals surface area contributed by atoms with Crippen molar-refractivity contribution in [2.24, 2.45) is 0 Å². The molecule has 2 aromatic heterocycles. The van der Waals surface area contributed by atoms with E-state index in [2.05, 4.69) is 15.0 Å². The number of piperidine rings is 1. The molecule has 10 heteroatoms. The van der Waals surface area contributed by atoms with Crippen LogP contribution >= 0.6 is 0 Å². The third-order valence-corrected chi connectivity index (χ3v) is 5.59. The van der Waals surface area contributed by atoms with Gasteiger partial charge in [-0.2, -0.15) is 18.4 Å². The average Bonchev–Trinajstić information content (AvgIpc) is 2.85. The first-order valence-corrected chi connectivity index (χ1v) is 10.3. The van der Waals surface area contributed by atoms with Crippen LogP contribution in [-0.2, 0) is 6.18 Å². The third kappa shape index (κ3) is 4.82. The standard InChI is InChI=1S/C23H21F3N6O/c1-33-21-6-9-28-15-20(21)32(18-4-2-17(3-5-18)23(24,25)26)19-7-10-31(11-8-19)22-29-13-16(12-27)14-30-22/h2-6,9,13-15,19H,7-8,10-11H2,1H3. The molecular weight excluding hydrogens is 433 g/mol. The molecule has 3 aromatic rings. The molecule has 0 saturated carbocycles. The van der Waals surface area contributed by atoms with Crippen molar-refractivity contribution < 1.29 is 17.9 Å². The second kappa shape index (κ2) is 9.32. The first-order valence-electron chi connectivity index (χ1n) is 10.3. The van der Waals surface area contributed by atoms with E-state index in [0.717, 1.165) is 12.1 Å². The quantitative estimate of drug-likeness (QED) is 0.559. The Labute approximate surface area is 189 Å². The largest absolute Gasteiger partial charge is 0.494 e. The summed E-state index contributed by atoms with van der Waals surface area (Å²) in [6, 6.07) is 8.86. The van der Waals surface area contributed by atoms with E-state index in [0.29, 0.717) is 54.6 Å². The molecule has 0 radical (unpaired) electrons. The van der Waals surface area contributed by atoms with E-state index in [1.54, 1.807) is 25.6 Å². The molecular formula is C23H21F3N6O. The Balaban J connectivity index is 1.61. The zero-order valence-corrected chi connectivity index (χ0v) is 17.8. The second-order valence-corrected chi connectivity index (χ2v) is 7.56. The summed E-state index contributed by atoms with van der Waals surface area (Å²) in [6.45, 7) is 1.30. The van der Waals surface area contributed by atoms with E-state index >= 15 is 0 Å². The highest BCUT2D eigenvalue weighted by Crippen LogP contribution is 2.39. The van der Waals surface area contributed by atoms with Gasteiger partial charge in [-0.25, -0.2) is 9.97 Å². The lowest BCUT2D eigenvalue weighted by molar-refractivity contribution is -0.137. The van der Waals surface area contributed by atoms with Crippen molar-refractivity contribution in [1.82, 2.24) is 15.0 Å². The maximum Gasteiger partial charge on any atom is 0.416 e. The summed E-state index contributed by atoms with van der Waals surface area (Å²) in [6.07, 6.45) is 3.27. The molecule has 0 aliphatic carbocycles. The molecule has 170 valence electrons. The van der Waals surface area contributed by atoms with E-state index in [4.69, 9.17) is 10.00 Å². The summed E-state index contributed by atoms with van der Waals surface area (Å²) in [4.78, 5) is 16.8. The molecule has 0 atom stereocenters. The third-order valence-electron chi connectivity index (χ3n) is 5.59. The maximum absolute atomic E-state index is 13.1. The normalized spacial score (nSPS) is 14.6. The van der Waals surface area contributed by atoms with Crippen molar-refractivity contribution in [3.8, 4) is 11.8 Å². The molecule has 1 aliphatic rings. The summed E-state index contributed by atoms with van der Waals surface area (Å²) in [5.41, 5.74) is 1.01. The summed E-state index contributed by atoms with van der Waals surface area (Å²) in [5, 5.41) is 8.93. The molecule has 3 heterocycles. The van der Waals surface area contributed by atoms with Crippen LogP contribution in [0.1, 0.15) is 24.0 Å². The minimum Gasteiger partial charge on any atom is -0.494 e. The van der Waals surface area contributed by atoms with Gasteiger partial charge in [-0.1, -0.05) is 0 Å². The number of nitrogens with zero attached hydrogens (tertiary/aromatic N) is 6. The van der Waals surface area contributed by atoms with Crippen LogP contribution in [-0.4, -0.2) is 41.2 Å². The van der Waals surface area contributed by atoms with Crippen molar-refractivity contribution >= 4 is 17.3 Å². The van der Waals surface area contributed by atoms with Gasteiger partial charge < -0.3 is 14.5 Å². The van der Waals surface area contributed by atoms with Gasteiger partial charge in [0.1, 0.15) is 17.5 Å². The molecule has 0 spiro atoms. The Kier molecular flexibility index (Phi) is 6.31. The number of anilines is 3. The van der Waals surface area contributed by atoms with Crippen molar-refractivity contribution in [1.29, 1.82) is 5.26 Å². The lowest BCUT2D eigenvalue weighted by Crippen LogP contribution is -2.44. The van der Waals surface area contributed by atoms with Crippen LogP contribution in [0.25, 0.3) is 0 Å². The van der Waals surface area contributed by atoms with Crippen LogP contribution in [0.4, 0.5) is 30.5 Å². The van der Waals surface area contributed by atoms with Gasteiger partial charge in [0, 0.05) is 37.1 Å². The number of aromatic nitrogens is 3. The Morgan fingerprint density at radius 2 is 1.73 bits per heavy atom. The number of alkyl halides is 3. The van der Waals surface area contributed by atoms with E-state index in [-0.39, 0.29) is 6.04 Å². The van der Waals surface area contributed by atoms with Crippen LogP contribution in [0.3, 0.4) is 0 Å². The van der Waals surface area contributed by atoms with Crippen molar-refractivity contribution in [3.63, 3.8) is 0 Å². The zero-order chi connectivity index (χ0) is 23.4. The van der Waals surface area contributed by atoms with E-state index in [1.807, 2.05) is 15.9 Å². The lowest BCUT2D eigenvalue weighted by atomic mass is 10.0. The summed E-state index contributed by atoms with van der Waals surface area (Å²) in [5.74, 6) is 1.13. The molecule has 1 aromatic carbocycles. The van der Waals surface area contributed by atoms with Crippen LogP contribution in [0, 0.1) is 11.3 Å². The number of ether oxygens (including phenoxy) is 1. The predicted molar refractivity (Wildman–Crippen MR) is 116 cm³/mol. The number of nitriles is 1. The van der Waals surface area contributed by atoms with Gasteiger partial charge >= 0.3 is 6.18 Å². The van der Waals surface area contributed by atoms with Crippen LogP contribution in [0.2, 0.25) is 0 Å². The van der Waals surface area contributed by atoms with Crippen molar-refractivity contribution in [3.05, 3.63) is 66.2 Å². The number of benzene rings is 1. The molecule has 1 saturated heterocycles. The van der Waals surface area contributed by atoms with Crippen molar-refractivity contribution in [2.75, 3.05) is 30.0 Å².